The van der Waals surface area contributed by atoms with Crippen molar-refractivity contribution in [3.05, 3.63) is 46.8 Å². The highest BCUT2D eigenvalue weighted by atomic mass is 19.2. The Kier molecular flexibility index (Phi) is 4.05. The van der Waals surface area contributed by atoms with Gasteiger partial charge < -0.3 is 5.11 Å². The lowest BCUT2D eigenvalue weighted by atomic mass is 10.0. The van der Waals surface area contributed by atoms with E-state index in [1.54, 1.807) is 0 Å². The Morgan fingerprint density at radius 1 is 0.944 bits per heavy atom. The molecule has 98 valence electrons. The molecule has 0 heterocycles. The zero-order valence-corrected chi connectivity index (χ0v) is 8.87. The molecule has 18 heavy (non-hydrogen) atoms. The van der Waals surface area contributed by atoms with Crippen molar-refractivity contribution in [1.82, 2.24) is 0 Å². The summed E-state index contributed by atoms with van der Waals surface area (Å²) in [4.78, 5) is 10.4. The van der Waals surface area contributed by atoms with E-state index in [4.69, 9.17) is 5.11 Å². The summed E-state index contributed by atoms with van der Waals surface area (Å²) in [6.45, 7) is 3.09. The number of hydrogen-bond acceptors (Lipinski definition) is 1. The molecule has 0 bridgehead atoms. The van der Waals surface area contributed by atoms with Crippen LogP contribution < -0.4 is 0 Å². The van der Waals surface area contributed by atoms with E-state index in [1.807, 2.05) is 0 Å². The number of carbonyl (C=O) groups is 1. The van der Waals surface area contributed by atoms with Gasteiger partial charge in [-0.3, -0.25) is 0 Å². The minimum absolute atomic E-state index is 0.390. The standard InChI is InChI=1S/C11H7F5O2/c1-4(11(17)18)2-3-5-6(12)8(14)10(16)9(15)7(5)13/h1-3H2,(H,17,18). The molecule has 0 aliphatic heterocycles. The first kappa shape index (κ1) is 14.1. The minimum atomic E-state index is -2.24. The van der Waals surface area contributed by atoms with Crippen molar-refractivity contribution >= 4 is 5.97 Å². The van der Waals surface area contributed by atoms with Crippen molar-refractivity contribution in [3.63, 3.8) is 0 Å². The highest BCUT2D eigenvalue weighted by Crippen LogP contribution is 2.24. The third-order valence-electron chi connectivity index (χ3n) is 2.28. The first-order chi connectivity index (χ1) is 8.27. The lowest BCUT2D eigenvalue weighted by molar-refractivity contribution is -0.132. The summed E-state index contributed by atoms with van der Waals surface area (Å²) >= 11 is 0. The maximum Gasteiger partial charge on any atom is 0.330 e. The minimum Gasteiger partial charge on any atom is -0.478 e. The van der Waals surface area contributed by atoms with Gasteiger partial charge in [-0.25, -0.2) is 26.7 Å². The maximum atomic E-state index is 13.2. The van der Waals surface area contributed by atoms with Crippen molar-refractivity contribution in [1.29, 1.82) is 0 Å². The zero-order chi connectivity index (χ0) is 14.0. The first-order valence-corrected chi connectivity index (χ1v) is 4.68. The predicted octanol–water partition coefficient (Wildman–Crippen LogP) is 2.96. The number of aliphatic carboxylic acids is 1. The summed E-state index contributed by atoms with van der Waals surface area (Å²) in [6, 6.07) is 0. The fourth-order valence-corrected chi connectivity index (χ4v) is 1.25. The summed E-state index contributed by atoms with van der Waals surface area (Å²) < 4.78 is 64.6. The van der Waals surface area contributed by atoms with Crippen LogP contribution in [0.3, 0.4) is 0 Å². The van der Waals surface area contributed by atoms with Crippen LogP contribution in [0.5, 0.6) is 0 Å². The van der Waals surface area contributed by atoms with E-state index in [2.05, 4.69) is 6.58 Å². The van der Waals surface area contributed by atoms with Gasteiger partial charge in [-0.1, -0.05) is 6.58 Å². The van der Waals surface area contributed by atoms with Gasteiger partial charge >= 0.3 is 5.97 Å². The van der Waals surface area contributed by atoms with E-state index in [-0.39, 0.29) is 5.57 Å². The third-order valence-corrected chi connectivity index (χ3v) is 2.28. The van der Waals surface area contributed by atoms with Gasteiger partial charge in [0.15, 0.2) is 23.3 Å². The fourth-order valence-electron chi connectivity index (χ4n) is 1.25. The topological polar surface area (TPSA) is 37.3 Å². The van der Waals surface area contributed by atoms with Gasteiger partial charge in [0.05, 0.1) is 0 Å². The Labute approximate surface area is 98.3 Å². The van der Waals surface area contributed by atoms with Crippen molar-refractivity contribution < 1.29 is 31.9 Å². The van der Waals surface area contributed by atoms with Crippen LogP contribution in [0.25, 0.3) is 0 Å². The number of carboxylic acid groups (broad SMARTS) is 1. The molecular weight excluding hydrogens is 259 g/mol. The van der Waals surface area contributed by atoms with E-state index in [0.717, 1.165) is 0 Å². The molecule has 0 atom stereocenters. The quantitative estimate of drug-likeness (QED) is 0.394. The van der Waals surface area contributed by atoms with Crippen molar-refractivity contribution in [2.45, 2.75) is 12.8 Å². The second kappa shape index (κ2) is 5.16. The predicted molar refractivity (Wildman–Crippen MR) is 51.3 cm³/mol. The second-order valence-electron chi connectivity index (χ2n) is 3.46. The van der Waals surface area contributed by atoms with Gasteiger partial charge in [-0.15, -0.1) is 0 Å². The fraction of sp³-hybridized carbons (Fsp3) is 0.182. The van der Waals surface area contributed by atoms with Crippen molar-refractivity contribution in [2.24, 2.45) is 0 Å². The SMILES string of the molecule is C=C(CCc1c(F)c(F)c(F)c(F)c1F)C(=O)O. The number of rotatable bonds is 4. The van der Waals surface area contributed by atoms with Crippen LogP contribution in [0.1, 0.15) is 12.0 Å². The molecule has 0 saturated heterocycles. The van der Waals surface area contributed by atoms with Crippen LogP contribution in [0.15, 0.2) is 12.2 Å². The molecule has 1 aromatic rings. The van der Waals surface area contributed by atoms with E-state index < -0.39 is 53.5 Å². The molecule has 7 heteroatoms. The zero-order valence-electron chi connectivity index (χ0n) is 8.87. The van der Waals surface area contributed by atoms with Crippen LogP contribution >= 0.6 is 0 Å². The molecule has 1 N–H and O–H groups in total. The monoisotopic (exact) mass is 266 g/mol. The summed E-state index contributed by atoms with van der Waals surface area (Å²) in [5.74, 6) is -11.7. The molecule has 0 aromatic heterocycles. The van der Waals surface area contributed by atoms with Crippen LogP contribution in [-0.4, -0.2) is 11.1 Å². The maximum absolute atomic E-state index is 13.2. The molecule has 0 aliphatic carbocycles. The average Bonchev–Trinajstić information content (AvgIpc) is 2.33. The second-order valence-corrected chi connectivity index (χ2v) is 3.46. The number of carboxylic acids is 1. The lowest BCUT2D eigenvalue weighted by Gasteiger charge is -2.07. The highest BCUT2D eigenvalue weighted by molar-refractivity contribution is 5.85. The van der Waals surface area contributed by atoms with Gasteiger partial charge in [-0.05, 0) is 12.8 Å². The van der Waals surface area contributed by atoms with Gasteiger partial charge in [0, 0.05) is 11.1 Å². The molecule has 0 radical (unpaired) electrons. The van der Waals surface area contributed by atoms with Gasteiger partial charge in [-0.2, -0.15) is 0 Å². The van der Waals surface area contributed by atoms with E-state index in [9.17, 15) is 26.7 Å². The Morgan fingerprint density at radius 3 is 1.72 bits per heavy atom. The summed E-state index contributed by atoms with van der Waals surface area (Å²) in [5, 5.41) is 8.46. The molecule has 1 rings (SSSR count). The molecule has 0 unspecified atom stereocenters. The molecule has 0 amide bonds. The third kappa shape index (κ3) is 2.49. The number of hydrogen-bond donors (Lipinski definition) is 1. The molecule has 0 aliphatic rings. The number of halogens is 5. The van der Waals surface area contributed by atoms with Gasteiger partial charge in [0.2, 0.25) is 5.82 Å². The van der Waals surface area contributed by atoms with E-state index >= 15 is 0 Å². The molecular formula is C11H7F5O2. The Bertz CT molecular complexity index is 496. The average molecular weight is 266 g/mol. The van der Waals surface area contributed by atoms with Crippen LogP contribution in [0.4, 0.5) is 22.0 Å². The lowest BCUT2D eigenvalue weighted by Crippen LogP contribution is -2.09. The Balaban J connectivity index is 3.11. The molecule has 0 fully saturated rings. The normalized spacial score (nSPS) is 10.5. The van der Waals surface area contributed by atoms with Crippen LogP contribution in [0.2, 0.25) is 0 Å². The molecule has 0 saturated carbocycles. The van der Waals surface area contributed by atoms with Crippen LogP contribution in [-0.2, 0) is 11.2 Å². The van der Waals surface area contributed by atoms with Crippen molar-refractivity contribution in [3.8, 4) is 0 Å². The van der Waals surface area contributed by atoms with Gasteiger partial charge in [0.25, 0.3) is 0 Å². The molecule has 0 spiro atoms. The molecule has 2 nitrogen and oxygen atoms in total. The van der Waals surface area contributed by atoms with E-state index in [1.165, 1.54) is 0 Å². The van der Waals surface area contributed by atoms with Crippen LogP contribution in [0, 0.1) is 29.1 Å². The van der Waals surface area contributed by atoms with Gasteiger partial charge in [0.1, 0.15) is 0 Å². The Morgan fingerprint density at radius 2 is 1.33 bits per heavy atom. The highest BCUT2D eigenvalue weighted by Gasteiger charge is 2.25. The van der Waals surface area contributed by atoms with Crippen molar-refractivity contribution in [2.75, 3.05) is 0 Å². The van der Waals surface area contributed by atoms with E-state index in [0.29, 0.717) is 0 Å². The summed E-state index contributed by atoms with van der Waals surface area (Å²) in [6.07, 6.45) is -1.06. The summed E-state index contributed by atoms with van der Waals surface area (Å²) in [7, 11) is 0. The molecule has 1 aromatic carbocycles. The Hall–Kier alpha value is -1.92. The first-order valence-electron chi connectivity index (χ1n) is 4.68. The number of benzene rings is 1. The largest absolute Gasteiger partial charge is 0.478 e. The smallest absolute Gasteiger partial charge is 0.330 e. The summed E-state index contributed by atoms with van der Waals surface area (Å²) in [5.41, 5.74) is -1.44.